The maximum absolute atomic E-state index is 11.7. The van der Waals surface area contributed by atoms with Gasteiger partial charge in [0.2, 0.25) is 5.91 Å². The molecule has 0 bridgehead atoms. The van der Waals surface area contributed by atoms with E-state index in [9.17, 15) is 4.79 Å². The van der Waals surface area contributed by atoms with Gasteiger partial charge in [-0.3, -0.25) is 4.79 Å². The van der Waals surface area contributed by atoms with Crippen LogP contribution >= 0.6 is 0 Å². The summed E-state index contributed by atoms with van der Waals surface area (Å²) in [6.07, 6.45) is 0.542. The first-order chi connectivity index (χ1) is 9.15. The van der Waals surface area contributed by atoms with Gasteiger partial charge in [-0.15, -0.1) is 0 Å². The maximum atomic E-state index is 11.7. The quantitative estimate of drug-likeness (QED) is 0.891. The Hall–Kier alpha value is -1.75. The van der Waals surface area contributed by atoms with Gasteiger partial charge in [-0.05, 0) is 17.7 Å². The minimum Gasteiger partial charge on any atom is -0.493 e. The van der Waals surface area contributed by atoms with E-state index in [0.29, 0.717) is 31.0 Å². The van der Waals surface area contributed by atoms with Crippen LogP contribution in [0.2, 0.25) is 0 Å². The highest BCUT2D eigenvalue weighted by Gasteiger charge is 2.22. The van der Waals surface area contributed by atoms with Crippen LogP contribution in [0.1, 0.15) is 18.0 Å². The fourth-order valence-corrected chi connectivity index (χ4v) is 2.28. The minimum atomic E-state index is 0.122. The topological polar surface area (TPSA) is 50.8 Å². The molecule has 1 aromatic rings. The molecule has 1 N–H and O–H groups in total. The second-order valence-corrected chi connectivity index (χ2v) is 4.65. The van der Waals surface area contributed by atoms with Crippen molar-refractivity contribution in [3.05, 3.63) is 23.8 Å². The third-order valence-electron chi connectivity index (χ3n) is 3.42. The number of hydrogen-bond acceptors (Lipinski definition) is 4. The molecule has 1 unspecified atom stereocenters. The van der Waals surface area contributed by atoms with E-state index in [1.165, 1.54) is 0 Å². The number of carbonyl (C=O) groups excluding carboxylic acids is 1. The summed E-state index contributed by atoms with van der Waals surface area (Å²) in [5.74, 6) is 1.60. The van der Waals surface area contributed by atoms with Gasteiger partial charge in [0.1, 0.15) is 0 Å². The molecule has 1 saturated heterocycles. The van der Waals surface area contributed by atoms with E-state index in [0.717, 1.165) is 5.56 Å². The Morgan fingerprint density at radius 1 is 1.26 bits per heavy atom. The molecule has 1 fully saturated rings. The SMILES string of the molecule is COc1ccc(C2CN(C)C(=O)CCN2)cc1OC. The van der Waals surface area contributed by atoms with E-state index in [-0.39, 0.29) is 11.9 Å². The molecule has 0 aromatic heterocycles. The molecule has 0 radical (unpaired) electrons. The summed E-state index contributed by atoms with van der Waals surface area (Å²) >= 11 is 0. The van der Waals surface area contributed by atoms with Crippen molar-refractivity contribution in [2.24, 2.45) is 0 Å². The smallest absolute Gasteiger partial charge is 0.223 e. The molecule has 0 aliphatic carbocycles. The molecular weight excluding hydrogens is 244 g/mol. The van der Waals surface area contributed by atoms with Gasteiger partial charge in [0, 0.05) is 26.6 Å². The number of rotatable bonds is 3. The Labute approximate surface area is 113 Å². The fraction of sp³-hybridized carbons (Fsp3) is 0.500. The van der Waals surface area contributed by atoms with Crippen LogP contribution in [0.4, 0.5) is 0 Å². The monoisotopic (exact) mass is 264 g/mol. The molecule has 0 saturated carbocycles. The predicted molar refractivity (Wildman–Crippen MR) is 72.5 cm³/mol. The number of hydrogen-bond donors (Lipinski definition) is 1. The van der Waals surface area contributed by atoms with Crippen LogP contribution in [-0.4, -0.2) is 45.2 Å². The van der Waals surface area contributed by atoms with Gasteiger partial charge in [-0.2, -0.15) is 0 Å². The molecule has 1 amide bonds. The molecule has 0 spiro atoms. The lowest BCUT2D eigenvalue weighted by Gasteiger charge is -2.22. The van der Waals surface area contributed by atoms with Crippen molar-refractivity contribution in [1.29, 1.82) is 0 Å². The first-order valence-corrected chi connectivity index (χ1v) is 6.35. The molecule has 5 heteroatoms. The van der Waals surface area contributed by atoms with Crippen LogP contribution in [0.15, 0.2) is 18.2 Å². The third kappa shape index (κ3) is 2.98. The van der Waals surface area contributed by atoms with E-state index in [1.54, 1.807) is 19.1 Å². The fourth-order valence-electron chi connectivity index (χ4n) is 2.28. The van der Waals surface area contributed by atoms with Gasteiger partial charge in [-0.1, -0.05) is 6.07 Å². The molecule has 1 aromatic carbocycles. The Kier molecular flexibility index (Phi) is 4.27. The summed E-state index contributed by atoms with van der Waals surface area (Å²) in [7, 11) is 5.08. The number of benzene rings is 1. The Morgan fingerprint density at radius 3 is 2.68 bits per heavy atom. The summed E-state index contributed by atoms with van der Waals surface area (Å²) in [5, 5.41) is 3.39. The average Bonchev–Trinajstić information content (AvgIpc) is 2.60. The summed E-state index contributed by atoms with van der Waals surface area (Å²) in [6.45, 7) is 1.36. The zero-order valence-electron chi connectivity index (χ0n) is 11.6. The van der Waals surface area contributed by atoms with E-state index in [1.807, 2.05) is 25.2 Å². The number of amides is 1. The van der Waals surface area contributed by atoms with Gasteiger partial charge >= 0.3 is 0 Å². The van der Waals surface area contributed by atoms with Gasteiger partial charge in [-0.25, -0.2) is 0 Å². The lowest BCUT2D eigenvalue weighted by molar-refractivity contribution is -0.129. The highest BCUT2D eigenvalue weighted by molar-refractivity contribution is 5.76. The molecule has 5 nitrogen and oxygen atoms in total. The summed E-state index contributed by atoms with van der Waals surface area (Å²) in [5.41, 5.74) is 1.10. The zero-order chi connectivity index (χ0) is 13.8. The Balaban J connectivity index is 2.23. The van der Waals surface area contributed by atoms with E-state index in [4.69, 9.17) is 9.47 Å². The first-order valence-electron chi connectivity index (χ1n) is 6.35. The molecule has 19 heavy (non-hydrogen) atoms. The number of nitrogens with one attached hydrogen (secondary N) is 1. The van der Waals surface area contributed by atoms with E-state index in [2.05, 4.69) is 5.32 Å². The van der Waals surface area contributed by atoms with Crippen molar-refractivity contribution in [2.75, 3.05) is 34.4 Å². The number of ether oxygens (including phenoxy) is 2. The average molecular weight is 264 g/mol. The lowest BCUT2D eigenvalue weighted by Crippen LogP contribution is -2.30. The Morgan fingerprint density at radius 2 is 2.00 bits per heavy atom. The molecule has 1 heterocycles. The largest absolute Gasteiger partial charge is 0.493 e. The van der Waals surface area contributed by atoms with Gasteiger partial charge in [0.05, 0.1) is 20.3 Å². The highest BCUT2D eigenvalue weighted by atomic mass is 16.5. The zero-order valence-corrected chi connectivity index (χ0v) is 11.6. The van der Waals surface area contributed by atoms with Crippen molar-refractivity contribution in [3.8, 4) is 11.5 Å². The molecule has 1 aliphatic rings. The lowest BCUT2D eigenvalue weighted by atomic mass is 10.1. The maximum Gasteiger partial charge on any atom is 0.223 e. The van der Waals surface area contributed by atoms with Crippen LogP contribution in [0, 0.1) is 0 Å². The second-order valence-electron chi connectivity index (χ2n) is 4.65. The standard InChI is InChI=1S/C14H20N2O3/c1-16-9-11(15-7-6-14(16)17)10-4-5-12(18-2)13(8-10)19-3/h4-5,8,11,15H,6-7,9H2,1-3H3. The van der Waals surface area contributed by atoms with Gasteiger partial charge < -0.3 is 19.7 Å². The van der Waals surface area contributed by atoms with Crippen LogP contribution in [0.5, 0.6) is 11.5 Å². The third-order valence-corrected chi connectivity index (χ3v) is 3.42. The second kappa shape index (κ2) is 5.93. The van der Waals surface area contributed by atoms with Gasteiger partial charge in [0.25, 0.3) is 0 Å². The van der Waals surface area contributed by atoms with Crippen LogP contribution in [-0.2, 0) is 4.79 Å². The van der Waals surface area contributed by atoms with Crippen molar-refractivity contribution in [2.45, 2.75) is 12.5 Å². The summed E-state index contributed by atoms with van der Waals surface area (Å²) in [6, 6.07) is 5.97. The van der Waals surface area contributed by atoms with E-state index < -0.39 is 0 Å². The first kappa shape index (κ1) is 13.7. The van der Waals surface area contributed by atoms with Crippen molar-refractivity contribution < 1.29 is 14.3 Å². The number of likely N-dealkylation sites (N-methyl/N-ethyl adjacent to an activating group) is 1. The minimum absolute atomic E-state index is 0.122. The van der Waals surface area contributed by atoms with Crippen LogP contribution in [0.25, 0.3) is 0 Å². The number of carbonyl (C=O) groups is 1. The number of nitrogens with zero attached hydrogens (tertiary/aromatic N) is 1. The normalized spacial score (nSPS) is 20.1. The van der Waals surface area contributed by atoms with Crippen molar-refractivity contribution >= 4 is 5.91 Å². The van der Waals surface area contributed by atoms with Crippen molar-refractivity contribution in [1.82, 2.24) is 10.2 Å². The highest BCUT2D eigenvalue weighted by Crippen LogP contribution is 2.30. The van der Waals surface area contributed by atoms with Crippen LogP contribution in [0.3, 0.4) is 0 Å². The molecular formula is C14H20N2O3. The summed E-state index contributed by atoms with van der Waals surface area (Å²) in [4.78, 5) is 13.4. The Bertz CT molecular complexity index is 462. The summed E-state index contributed by atoms with van der Waals surface area (Å²) < 4.78 is 10.5. The van der Waals surface area contributed by atoms with Crippen LogP contribution < -0.4 is 14.8 Å². The number of methoxy groups -OCH3 is 2. The molecule has 1 aliphatic heterocycles. The van der Waals surface area contributed by atoms with Gasteiger partial charge in [0.15, 0.2) is 11.5 Å². The van der Waals surface area contributed by atoms with Crippen molar-refractivity contribution in [3.63, 3.8) is 0 Å². The molecule has 104 valence electrons. The van der Waals surface area contributed by atoms with E-state index >= 15 is 0 Å². The molecule has 2 rings (SSSR count). The molecule has 1 atom stereocenters. The predicted octanol–water partition coefficient (Wildman–Crippen LogP) is 1.20.